The summed E-state index contributed by atoms with van der Waals surface area (Å²) in [6.07, 6.45) is 3.51. The third-order valence-corrected chi connectivity index (χ3v) is 5.59. The minimum absolute atomic E-state index is 0.0425. The quantitative estimate of drug-likeness (QED) is 0.622. The van der Waals surface area contributed by atoms with E-state index >= 15 is 0 Å². The van der Waals surface area contributed by atoms with Crippen LogP contribution in [0.25, 0.3) is 0 Å². The molecule has 2 aromatic rings. The van der Waals surface area contributed by atoms with E-state index in [2.05, 4.69) is 20.9 Å². The second-order valence-corrected chi connectivity index (χ2v) is 7.81. The molecular weight excluding hydrogens is 425 g/mol. The average Bonchev–Trinajstić information content (AvgIpc) is 3.44. The second-order valence-electron chi connectivity index (χ2n) is 7.02. The van der Waals surface area contributed by atoms with Gasteiger partial charge in [0.25, 0.3) is 0 Å². The van der Waals surface area contributed by atoms with Crippen LogP contribution >= 0.6 is 23.2 Å². The van der Waals surface area contributed by atoms with Gasteiger partial charge in [-0.05, 0) is 30.5 Å². The molecule has 152 valence electrons. The first-order valence-corrected chi connectivity index (χ1v) is 9.74. The van der Waals surface area contributed by atoms with Gasteiger partial charge in [-0.15, -0.1) is 0 Å². The van der Waals surface area contributed by atoms with Gasteiger partial charge in [-0.25, -0.2) is 13.6 Å². The number of carbonyl (C=O) groups excluding carboxylic acids is 2. The number of halogens is 4. The zero-order chi connectivity index (χ0) is 20.7. The van der Waals surface area contributed by atoms with E-state index in [0.717, 1.165) is 24.6 Å². The summed E-state index contributed by atoms with van der Waals surface area (Å²) in [4.78, 5) is 28.3. The van der Waals surface area contributed by atoms with E-state index in [4.69, 9.17) is 23.2 Å². The minimum Gasteiger partial charge on any atom is -0.343 e. The van der Waals surface area contributed by atoms with Crippen LogP contribution in [-0.4, -0.2) is 29.5 Å². The molecule has 1 aliphatic heterocycles. The van der Waals surface area contributed by atoms with E-state index < -0.39 is 40.7 Å². The van der Waals surface area contributed by atoms with Crippen LogP contribution in [0, 0.1) is 11.6 Å². The highest BCUT2D eigenvalue weighted by Crippen LogP contribution is 2.42. The Morgan fingerprint density at radius 2 is 2.03 bits per heavy atom. The Balaban J connectivity index is 1.71. The first-order chi connectivity index (χ1) is 13.8. The summed E-state index contributed by atoms with van der Waals surface area (Å²) in [7, 11) is 0. The SMILES string of the molecule is O=C1NC[C@@H](C(=O)NC(c2cnc(C3CC3)c(Cl)c2)c2ccc(F)c(Cl)c2F)N1. The van der Waals surface area contributed by atoms with Crippen LogP contribution in [0.3, 0.4) is 0 Å². The van der Waals surface area contributed by atoms with E-state index in [1.54, 1.807) is 6.07 Å². The van der Waals surface area contributed by atoms with E-state index in [0.29, 0.717) is 16.5 Å². The van der Waals surface area contributed by atoms with E-state index in [1.165, 1.54) is 12.3 Å². The van der Waals surface area contributed by atoms with Crippen molar-refractivity contribution in [1.29, 1.82) is 0 Å². The molecule has 29 heavy (non-hydrogen) atoms. The van der Waals surface area contributed by atoms with Gasteiger partial charge in [0.1, 0.15) is 22.7 Å². The Morgan fingerprint density at radius 3 is 2.66 bits per heavy atom. The zero-order valence-electron chi connectivity index (χ0n) is 14.9. The fourth-order valence-corrected chi connectivity index (χ4v) is 3.74. The number of aromatic nitrogens is 1. The molecule has 1 aliphatic carbocycles. The number of nitrogens with one attached hydrogen (secondary N) is 3. The number of hydrogen-bond acceptors (Lipinski definition) is 3. The molecule has 1 aromatic carbocycles. The summed E-state index contributed by atoms with van der Waals surface area (Å²) in [6.45, 7) is 0.0870. The molecule has 2 fully saturated rings. The van der Waals surface area contributed by atoms with Crippen molar-refractivity contribution in [2.24, 2.45) is 0 Å². The van der Waals surface area contributed by atoms with E-state index in [1.807, 2.05) is 0 Å². The van der Waals surface area contributed by atoms with Crippen molar-refractivity contribution in [1.82, 2.24) is 20.9 Å². The number of benzene rings is 1. The van der Waals surface area contributed by atoms with Crippen molar-refractivity contribution in [3.8, 4) is 0 Å². The first kappa shape index (κ1) is 19.8. The molecule has 2 aliphatic rings. The zero-order valence-corrected chi connectivity index (χ0v) is 16.5. The number of urea groups is 1. The Hall–Kier alpha value is -2.45. The maximum absolute atomic E-state index is 14.7. The minimum atomic E-state index is -1.03. The third kappa shape index (κ3) is 4.00. The maximum Gasteiger partial charge on any atom is 0.315 e. The maximum atomic E-state index is 14.7. The number of rotatable bonds is 5. The van der Waals surface area contributed by atoms with Crippen LogP contribution in [0.2, 0.25) is 10.0 Å². The smallest absolute Gasteiger partial charge is 0.315 e. The van der Waals surface area contributed by atoms with Crippen molar-refractivity contribution in [2.75, 3.05) is 6.54 Å². The summed E-state index contributed by atoms with van der Waals surface area (Å²) >= 11 is 12.1. The molecule has 0 bridgehead atoms. The van der Waals surface area contributed by atoms with Crippen molar-refractivity contribution >= 4 is 35.1 Å². The fourth-order valence-electron chi connectivity index (χ4n) is 3.24. The van der Waals surface area contributed by atoms with Crippen LogP contribution in [0.1, 0.15) is 41.6 Å². The second kappa shape index (κ2) is 7.76. The number of nitrogens with zero attached hydrogens (tertiary/aromatic N) is 1. The Bertz CT molecular complexity index is 1000. The van der Waals surface area contributed by atoms with Gasteiger partial charge in [0.2, 0.25) is 5.91 Å². The summed E-state index contributed by atoms with van der Waals surface area (Å²) in [5.41, 5.74) is 1.12. The van der Waals surface area contributed by atoms with Gasteiger partial charge in [0.15, 0.2) is 0 Å². The molecule has 1 unspecified atom stereocenters. The molecule has 0 spiro atoms. The lowest BCUT2D eigenvalue weighted by Crippen LogP contribution is -2.44. The molecule has 0 radical (unpaired) electrons. The largest absolute Gasteiger partial charge is 0.343 e. The monoisotopic (exact) mass is 440 g/mol. The van der Waals surface area contributed by atoms with Gasteiger partial charge < -0.3 is 16.0 Å². The van der Waals surface area contributed by atoms with Crippen LogP contribution in [-0.2, 0) is 4.79 Å². The standard InChI is InChI=1S/C19H16Cl2F2N4O2/c20-11-5-9(6-24-17(11)8-1-2-8)16(10-3-4-12(22)14(21)15(10)23)27-18(28)13-7-25-19(29)26-13/h3-6,8,13,16H,1-2,7H2,(H,27,28)(H2,25,26,29)/t13-,16?/m0/s1. The molecule has 10 heteroatoms. The van der Waals surface area contributed by atoms with Gasteiger partial charge in [0.05, 0.1) is 16.8 Å². The topological polar surface area (TPSA) is 83.1 Å². The van der Waals surface area contributed by atoms with Gasteiger partial charge in [-0.2, -0.15) is 0 Å². The number of pyridine rings is 1. The van der Waals surface area contributed by atoms with Crippen molar-refractivity contribution in [3.05, 3.63) is 62.9 Å². The van der Waals surface area contributed by atoms with Crippen LogP contribution < -0.4 is 16.0 Å². The predicted octanol–water partition coefficient (Wildman–Crippen LogP) is 3.43. The van der Waals surface area contributed by atoms with E-state index in [-0.39, 0.29) is 12.1 Å². The van der Waals surface area contributed by atoms with Gasteiger partial charge in [0, 0.05) is 24.2 Å². The molecule has 4 rings (SSSR count). The molecule has 3 N–H and O–H groups in total. The lowest BCUT2D eigenvalue weighted by Gasteiger charge is -2.23. The third-order valence-electron chi connectivity index (χ3n) is 4.94. The van der Waals surface area contributed by atoms with Crippen LogP contribution in [0.15, 0.2) is 24.4 Å². The van der Waals surface area contributed by atoms with Crippen LogP contribution in [0.4, 0.5) is 13.6 Å². The van der Waals surface area contributed by atoms with Crippen LogP contribution in [0.5, 0.6) is 0 Å². The summed E-state index contributed by atoms with van der Waals surface area (Å²) in [5, 5.41) is 7.35. The summed E-state index contributed by atoms with van der Waals surface area (Å²) < 4.78 is 28.4. The first-order valence-electron chi connectivity index (χ1n) is 8.98. The Labute approximate surface area is 175 Å². The number of hydrogen-bond donors (Lipinski definition) is 3. The highest BCUT2D eigenvalue weighted by Gasteiger charge is 2.32. The Morgan fingerprint density at radius 1 is 1.28 bits per heavy atom. The van der Waals surface area contributed by atoms with Gasteiger partial charge >= 0.3 is 6.03 Å². The molecule has 2 heterocycles. The normalized spacial score (nSPS) is 19.4. The average molecular weight is 441 g/mol. The molecule has 6 nitrogen and oxygen atoms in total. The molecular formula is C19H16Cl2F2N4O2. The summed E-state index contributed by atoms with van der Waals surface area (Å²) in [6, 6.07) is 1.49. The highest BCUT2D eigenvalue weighted by atomic mass is 35.5. The molecule has 3 amide bonds. The summed E-state index contributed by atoms with van der Waals surface area (Å²) in [5.74, 6) is -2.14. The predicted molar refractivity (Wildman–Crippen MR) is 103 cm³/mol. The fraction of sp³-hybridized carbons (Fsp3) is 0.316. The van der Waals surface area contributed by atoms with Crippen molar-refractivity contribution in [3.63, 3.8) is 0 Å². The lowest BCUT2D eigenvalue weighted by molar-refractivity contribution is -0.122. The van der Waals surface area contributed by atoms with E-state index in [9.17, 15) is 18.4 Å². The molecule has 1 saturated carbocycles. The van der Waals surface area contributed by atoms with Gasteiger partial charge in [-0.3, -0.25) is 9.78 Å². The Kier molecular flexibility index (Phi) is 5.31. The molecule has 1 saturated heterocycles. The number of amides is 3. The highest BCUT2D eigenvalue weighted by molar-refractivity contribution is 6.31. The van der Waals surface area contributed by atoms with Crippen molar-refractivity contribution < 1.29 is 18.4 Å². The van der Waals surface area contributed by atoms with Gasteiger partial charge in [-0.1, -0.05) is 29.3 Å². The molecule has 2 atom stereocenters. The van der Waals surface area contributed by atoms with Crippen molar-refractivity contribution in [2.45, 2.75) is 30.8 Å². The molecule has 1 aromatic heterocycles. The lowest BCUT2D eigenvalue weighted by atomic mass is 9.98. The number of carbonyl (C=O) groups is 2.